The van der Waals surface area contributed by atoms with E-state index < -0.39 is 6.09 Å². The van der Waals surface area contributed by atoms with Crippen LogP contribution in [0.3, 0.4) is 0 Å². The number of carbonyl (C=O) groups is 1. The van der Waals surface area contributed by atoms with Gasteiger partial charge in [-0.2, -0.15) is 0 Å². The molecule has 2 N–H and O–H groups in total. The molecule has 6 heteroatoms. The van der Waals surface area contributed by atoms with Crippen molar-refractivity contribution in [2.75, 3.05) is 0 Å². The highest BCUT2D eigenvalue weighted by atomic mass is 16.5. The Labute approximate surface area is 73.5 Å². The zero-order chi connectivity index (χ0) is 9.68. The first-order valence-corrected chi connectivity index (χ1v) is 3.35. The van der Waals surface area contributed by atoms with Gasteiger partial charge in [0, 0.05) is 10.6 Å². The fourth-order valence-corrected chi connectivity index (χ4v) is 0.777. The normalized spacial score (nSPS) is 8.62. The Morgan fingerprint density at radius 3 is 3.00 bits per heavy atom. The minimum Gasteiger partial charge on any atom is -0.410 e. The van der Waals surface area contributed by atoms with Crippen LogP contribution in [0.2, 0.25) is 0 Å². The van der Waals surface area contributed by atoms with Gasteiger partial charge < -0.3 is 10.5 Å². The van der Waals surface area contributed by atoms with Crippen LogP contribution in [-0.2, 0) is 0 Å². The number of amides is 1. The van der Waals surface area contributed by atoms with E-state index in [9.17, 15) is 4.79 Å². The van der Waals surface area contributed by atoms with Crippen LogP contribution < -0.4 is 10.5 Å². The molecule has 0 aliphatic carbocycles. The molecule has 1 rings (SSSR count). The highest BCUT2D eigenvalue weighted by Crippen LogP contribution is 2.19. The number of nitrogens with two attached hydrogens (primary N) is 1. The summed E-state index contributed by atoms with van der Waals surface area (Å²) in [5.74, 6) is 0.248. The maximum Gasteiger partial charge on any atom is 0.409 e. The third-order valence-electron chi connectivity index (χ3n) is 1.20. The third kappa shape index (κ3) is 2.72. The van der Waals surface area contributed by atoms with Crippen LogP contribution in [0.5, 0.6) is 5.75 Å². The Morgan fingerprint density at radius 1 is 1.62 bits per heavy atom. The predicted octanol–water partition coefficient (Wildman–Crippen LogP) is 2.09. The number of rotatable bonds is 2. The Bertz CT molecular complexity index is 371. The average molecular weight is 178 g/mol. The first-order valence-electron chi connectivity index (χ1n) is 3.35. The highest BCUT2D eigenvalue weighted by Gasteiger charge is 1.98. The molecule has 0 atom stereocenters. The number of azide groups is 1. The number of benzene rings is 1. The van der Waals surface area contributed by atoms with Gasteiger partial charge in [0.1, 0.15) is 5.75 Å². The van der Waals surface area contributed by atoms with Gasteiger partial charge in [0.25, 0.3) is 0 Å². The van der Waals surface area contributed by atoms with Crippen LogP contribution in [0.25, 0.3) is 10.4 Å². The van der Waals surface area contributed by atoms with E-state index in [0.29, 0.717) is 5.69 Å². The second-order valence-corrected chi connectivity index (χ2v) is 2.11. The van der Waals surface area contributed by atoms with Crippen LogP contribution in [0.4, 0.5) is 10.5 Å². The molecule has 13 heavy (non-hydrogen) atoms. The van der Waals surface area contributed by atoms with E-state index in [1.165, 1.54) is 12.1 Å². The lowest BCUT2D eigenvalue weighted by Crippen LogP contribution is -2.15. The molecule has 0 unspecified atom stereocenters. The fraction of sp³-hybridized carbons (Fsp3) is 0. The lowest BCUT2D eigenvalue weighted by atomic mass is 10.3. The lowest BCUT2D eigenvalue weighted by molar-refractivity contribution is 0.211. The van der Waals surface area contributed by atoms with Gasteiger partial charge in [-0.05, 0) is 17.7 Å². The SMILES string of the molecule is [N-]=[N+]=Nc1cccc(OC(N)=O)c1. The quantitative estimate of drug-likeness (QED) is 0.425. The van der Waals surface area contributed by atoms with Crippen LogP contribution >= 0.6 is 0 Å². The van der Waals surface area contributed by atoms with Crippen molar-refractivity contribution >= 4 is 11.8 Å². The molecule has 0 fully saturated rings. The van der Waals surface area contributed by atoms with Crippen molar-refractivity contribution in [2.24, 2.45) is 10.8 Å². The van der Waals surface area contributed by atoms with Crippen molar-refractivity contribution in [1.82, 2.24) is 0 Å². The minimum atomic E-state index is -0.905. The second kappa shape index (κ2) is 3.99. The van der Waals surface area contributed by atoms with Crippen molar-refractivity contribution in [2.45, 2.75) is 0 Å². The Hall–Kier alpha value is -2.20. The molecular weight excluding hydrogens is 172 g/mol. The van der Waals surface area contributed by atoms with E-state index in [0.717, 1.165) is 0 Å². The van der Waals surface area contributed by atoms with Crippen molar-refractivity contribution < 1.29 is 9.53 Å². The fourth-order valence-electron chi connectivity index (χ4n) is 0.777. The molecule has 0 aliphatic rings. The summed E-state index contributed by atoms with van der Waals surface area (Å²) in [5, 5.41) is 3.32. The zero-order valence-corrected chi connectivity index (χ0v) is 6.54. The van der Waals surface area contributed by atoms with Gasteiger partial charge in [0.15, 0.2) is 0 Å². The van der Waals surface area contributed by atoms with Crippen molar-refractivity contribution in [3.8, 4) is 5.75 Å². The summed E-state index contributed by atoms with van der Waals surface area (Å²) in [6.07, 6.45) is -0.905. The summed E-state index contributed by atoms with van der Waals surface area (Å²) in [5.41, 5.74) is 13.3. The molecule has 1 amide bonds. The molecule has 0 saturated carbocycles. The standard InChI is InChI=1S/C7H6N4O2/c8-7(12)13-6-3-1-2-5(4-6)10-11-9/h1-4H,(H2,8,12). The number of carbonyl (C=O) groups excluding carboxylic acids is 1. The summed E-state index contributed by atoms with van der Waals surface area (Å²) in [4.78, 5) is 12.9. The summed E-state index contributed by atoms with van der Waals surface area (Å²) in [6, 6.07) is 6.10. The van der Waals surface area contributed by atoms with E-state index in [4.69, 9.17) is 11.3 Å². The molecule has 66 valence electrons. The molecule has 0 heterocycles. The Morgan fingerprint density at radius 2 is 2.38 bits per heavy atom. The van der Waals surface area contributed by atoms with Crippen molar-refractivity contribution in [3.63, 3.8) is 0 Å². The topological polar surface area (TPSA) is 101 Å². The second-order valence-electron chi connectivity index (χ2n) is 2.11. The van der Waals surface area contributed by atoms with E-state index in [1.54, 1.807) is 12.1 Å². The Balaban J connectivity index is 2.91. The molecule has 6 nitrogen and oxygen atoms in total. The van der Waals surface area contributed by atoms with Crippen molar-refractivity contribution in [1.29, 1.82) is 0 Å². The third-order valence-corrected chi connectivity index (χ3v) is 1.20. The molecule has 0 bridgehead atoms. The van der Waals surface area contributed by atoms with Gasteiger partial charge in [-0.1, -0.05) is 17.2 Å². The minimum absolute atomic E-state index is 0.248. The zero-order valence-electron chi connectivity index (χ0n) is 6.54. The van der Waals surface area contributed by atoms with Gasteiger partial charge in [0.05, 0.1) is 0 Å². The molecule has 0 aliphatic heterocycles. The van der Waals surface area contributed by atoms with Gasteiger partial charge >= 0.3 is 6.09 Å². The number of primary amides is 1. The maximum atomic E-state index is 10.3. The van der Waals surface area contributed by atoms with Crippen molar-refractivity contribution in [3.05, 3.63) is 34.7 Å². The van der Waals surface area contributed by atoms with Crippen LogP contribution in [0.1, 0.15) is 0 Å². The molecule has 0 saturated heterocycles. The van der Waals surface area contributed by atoms with E-state index >= 15 is 0 Å². The molecule has 0 aromatic heterocycles. The largest absolute Gasteiger partial charge is 0.410 e. The highest BCUT2D eigenvalue weighted by molar-refractivity contribution is 5.68. The summed E-state index contributed by atoms with van der Waals surface area (Å²) in [6.45, 7) is 0. The number of nitrogens with zero attached hydrogens (tertiary/aromatic N) is 3. The summed E-state index contributed by atoms with van der Waals surface area (Å²) < 4.78 is 4.56. The van der Waals surface area contributed by atoms with Crippen LogP contribution in [-0.4, -0.2) is 6.09 Å². The summed E-state index contributed by atoms with van der Waals surface area (Å²) in [7, 11) is 0. The summed E-state index contributed by atoms with van der Waals surface area (Å²) >= 11 is 0. The average Bonchev–Trinajstić information content (AvgIpc) is 2.04. The molecule has 0 spiro atoms. The molecular formula is C7H6N4O2. The monoisotopic (exact) mass is 178 g/mol. The molecule has 0 radical (unpaired) electrons. The van der Waals surface area contributed by atoms with E-state index in [1.807, 2.05) is 0 Å². The number of hydrogen-bond acceptors (Lipinski definition) is 3. The Kier molecular flexibility index (Phi) is 2.73. The predicted molar refractivity (Wildman–Crippen MR) is 45.5 cm³/mol. The maximum absolute atomic E-state index is 10.3. The van der Waals surface area contributed by atoms with Crippen LogP contribution in [0, 0.1) is 0 Å². The van der Waals surface area contributed by atoms with Crippen LogP contribution in [0.15, 0.2) is 29.4 Å². The molecule has 1 aromatic rings. The van der Waals surface area contributed by atoms with Gasteiger partial charge in [-0.25, -0.2) is 4.79 Å². The van der Waals surface area contributed by atoms with E-state index in [-0.39, 0.29) is 5.75 Å². The first kappa shape index (κ1) is 8.89. The molecule has 1 aromatic carbocycles. The lowest BCUT2D eigenvalue weighted by Gasteiger charge is -1.99. The smallest absolute Gasteiger partial charge is 0.409 e. The number of ether oxygens (including phenoxy) is 1. The van der Waals surface area contributed by atoms with Gasteiger partial charge in [0.2, 0.25) is 0 Å². The number of hydrogen-bond donors (Lipinski definition) is 1. The van der Waals surface area contributed by atoms with E-state index in [2.05, 4.69) is 14.8 Å². The first-order chi connectivity index (χ1) is 6.22. The van der Waals surface area contributed by atoms with Gasteiger partial charge in [-0.15, -0.1) is 0 Å². The van der Waals surface area contributed by atoms with Gasteiger partial charge in [-0.3, -0.25) is 0 Å².